The third-order valence-electron chi connectivity index (χ3n) is 3.56. The Morgan fingerprint density at radius 2 is 1.08 bits per heavy atom. The van der Waals surface area contributed by atoms with Crippen molar-refractivity contribution in [3.8, 4) is 22.3 Å². The summed E-state index contributed by atoms with van der Waals surface area (Å²) in [6, 6.07) is 29.6. The van der Waals surface area contributed by atoms with Crippen molar-refractivity contribution in [3.05, 3.63) is 84.9 Å². The maximum Gasteiger partial charge on any atom is 0.303 e. The fourth-order valence-corrected chi connectivity index (χ4v) is 2.44. The number of hydrogen-bond donors (Lipinski definition) is 1. The lowest BCUT2D eigenvalue weighted by Gasteiger charge is -2.09. The Morgan fingerprint density at radius 3 is 1.38 bits per heavy atom. The Hall–Kier alpha value is -2.87. The van der Waals surface area contributed by atoms with Gasteiger partial charge in [-0.3, -0.25) is 4.79 Å². The highest BCUT2D eigenvalue weighted by molar-refractivity contribution is 5.83. The summed E-state index contributed by atoms with van der Waals surface area (Å²) in [7, 11) is 0. The molecule has 0 fully saturated rings. The second kappa shape index (κ2) is 9.31. The molecule has 0 saturated carbocycles. The number of carboxylic acid groups (broad SMARTS) is 1. The summed E-state index contributed by atoms with van der Waals surface area (Å²) in [6.45, 7) is 1.84. The molecule has 24 heavy (non-hydrogen) atoms. The van der Waals surface area contributed by atoms with E-state index in [1.165, 1.54) is 22.3 Å². The van der Waals surface area contributed by atoms with Gasteiger partial charge in [0.15, 0.2) is 0 Å². The third kappa shape index (κ3) is 5.10. The first-order valence-electron chi connectivity index (χ1n) is 8.14. The van der Waals surface area contributed by atoms with E-state index >= 15 is 0 Å². The monoisotopic (exact) mass is 318 g/mol. The molecule has 122 valence electrons. The molecule has 0 aliphatic rings. The van der Waals surface area contributed by atoms with E-state index in [0.717, 1.165) is 6.42 Å². The summed E-state index contributed by atoms with van der Waals surface area (Å²) in [6.07, 6.45) is 1.02. The Morgan fingerprint density at radius 1 is 0.708 bits per heavy atom. The van der Waals surface area contributed by atoms with E-state index in [0.29, 0.717) is 6.42 Å². The van der Waals surface area contributed by atoms with E-state index in [9.17, 15) is 4.79 Å². The van der Waals surface area contributed by atoms with Gasteiger partial charge in [-0.2, -0.15) is 0 Å². The van der Waals surface area contributed by atoms with E-state index in [4.69, 9.17) is 5.11 Å². The lowest BCUT2D eigenvalue weighted by molar-refractivity contribution is -0.137. The quantitative estimate of drug-likeness (QED) is 0.651. The number of benzene rings is 3. The molecule has 3 aromatic rings. The summed E-state index contributed by atoms with van der Waals surface area (Å²) in [4.78, 5) is 9.60. The Balaban J connectivity index is 0.000000301. The van der Waals surface area contributed by atoms with Gasteiger partial charge in [0.05, 0.1) is 0 Å². The summed E-state index contributed by atoms with van der Waals surface area (Å²) >= 11 is 0. The predicted molar refractivity (Wildman–Crippen MR) is 99.9 cm³/mol. The van der Waals surface area contributed by atoms with Crippen molar-refractivity contribution in [1.82, 2.24) is 0 Å². The van der Waals surface area contributed by atoms with Gasteiger partial charge in [-0.05, 0) is 28.7 Å². The zero-order valence-electron chi connectivity index (χ0n) is 13.9. The van der Waals surface area contributed by atoms with Crippen molar-refractivity contribution in [2.75, 3.05) is 0 Å². The topological polar surface area (TPSA) is 37.3 Å². The lowest BCUT2D eigenvalue weighted by atomic mass is 9.95. The molecule has 1 N–H and O–H groups in total. The molecule has 3 rings (SSSR count). The van der Waals surface area contributed by atoms with Gasteiger partial charge in [0.1, 0.15) is 0 Å². The first-order chi connectivity index (χ1) is 11.7. The highest BCUT2D eigenvalue weighted by atomic mass is 16.4. The second-order valence-corrected chi connectivity index (χ2v) is 5.42. The number of hydrogen-bond acceptors (Lipinski definition) is 1. The van der Waals surface area contributed by atoms with Crippen LogP contribution in [0.25, 0.3) is 22.3 Å². The third-order valence-corrected chi connectivity index (χ3v) is 3.56. The molecule has 0 unspecified atom stereocenters. The molecular weight excluding hydrogens is 296 g/mol. The van der Waals surface area contributed by atoms with Crippen molar-refractivity contribution < 1.29 is 9.90 Å². The van der Waals surface area contributed by atoms with Crippen LogP contribution in [0, 0.1) is 0 Å². The number of aliphatic carboxylic acids is 1. The van der Waals surface area contributed by atoms with Gasteiger partial charge < -0.3 is 5.11 Å². The average molecular weight is 318 g/mol. The molecule has 0 radical (unpaired) electrons. The fourth-order valence-electron chi connectivity index (χ4n) is 2.44. The van der Waals surface area contributed by atoms with Crippen LogP contribution in [-0.2, 0) is 4.79 Å². The molecule has 0 aliphatic heterocycles. The van der Waals surface area contributed by atoms with Crippen molar-refractivity contribution >= 4 is 5.97 Å². The van der Waals surface area contributed by atoms with E-state index < -0.39 is 5.97 Å². The standard InChI is InChI=1S/C18H14.C4H8O2/c1-3-9-15(10-4-1)17-13-7-8-14-18(17)16-11-5-2-6-12-16;1-2-3-4(5)6/h1-14H;2-3H2,1H3,(H,5,6). The molecule has 0 aromatic heterocycles. The minimum atomic E-state index is -0.711. The van der Waals surface area contributed by atoms with Crippen molar-refractivity contribution in [1.29, 1.82) is 0 Å². The van der Waals surface area contributed by atoms with E-state index in [1.54, 1.807) is 0 Å². The molecular formula is C22H22O2. The maximum absolute atomic E-state index is 9.60. The van der Waals surface area contributed by atoms with Gasteiger partial charge in [0.2, 0.25) is 0 Å². The fraction of sp³-hybridized carbons (Fsp3) is 0.136. The molecule has 0 heterocycles. The first-order valence-corrected chi connectivity index (χ1v) is 8.14. The Kier molecular flexibility index (Phi) is 6.78. The minimum Gasteiger partial charge on any atom is -0.481 e. The number of rotatable bonds is 4. The van der Waals surface area contributed by atoms with Crippen LogP contribution in [0.1, 0.15) is 19.8 Å². The lowest BCUT2D eigenvalue weighted by Crippen LogP contribution is -1.90. The molecule has 2 heteroatoms. The molecule has 0 saturated heterocycles. The summed E-state index contributed by atoms with van der Waals surface area (Å²) in [5.74, 6) is -0.711. The van der Waals surface area contributed by atoms with E-state index in [-0.39, 0.29) is 0 Å². The highest BCUT2D eigenvalue weighted by Crippen LogP contribution is 2.31. The molecule has 0 atom stereocenters. The highest BCUT2D eigenvalue weighted by Gasteiger charge is 2.05. The molecule has 3 aromatic carbocycles. The van der Waals surface area contributed by atoms with Crippen molar-refractivity contribution in [2.45, 2.75) is 19.8 Å². The molecule has 0 bridgehead atoms. The van der Waals surface area contributed by atoms with Gasteiger partial charge in [0, 0.05) is 6.42 Å². The molecule has 0 spiro atoms. The van der Waals surface area contributed by atoms with Crippen LogP contribution in [0.3, 0.4) is 0 Å². The summed E-state index contributed by atoms with van der Waals surface area (Å²) in [5, 5.41) is 7.91. The zero-order valence-corrected chi connectivity index (χ0v) is 13.9. The second-order valence-electron chi connectivity index (χ2n) is 5.42. The largest absolute Gasteiger partial charge is 0.481 e. The van der Waals surface area contributed by atoms with Gasteiger partial charge in [-0.25, -0.2) is 0 Å². The molecule has 2 nitrogen and oxygen atoms in total. The average Bonchev–Trinajstić information content (AvgIpc) is 2.64. The van der Waals surface area contributed by atoms with Crippen LogP contribution < -0.4 is 0 Å². The van der Waals surface area contributed by atoms with Crippen LogP contribution in [0.5, 0.6) is 0 Å². The van der Waals surface area contributed by atoms with Crippen LogP contribution in [-0.4, -0.2) is 11.1 Å². The van der Waals surface area contributed by atoms with Gasteiger partial charge in [-0.15, -0.1) is 0 Å². The van der Waals surface area contributed by atoms with Crippen LogP contribution in [0.4, 0.5) is 0 Å². The van der Waals surface area contributed by atoms with E-state index in [1.807, 2.05) is 6.92 Å². The number of carbonyl (C=O) groups is 1. The SMILES string of the molecule is CCCC(=O)O.c1ccc(-c2ccccc2-c2ccccc2)cc1. The van der Waals surface area contributed by atoms with Gasteiger partial charge in [-0.1, -0.05) is 91.9 Å². The van der Waals surface area contributed by atoms with Crippen LogP contribution >= 0.6 is 0 Å². The maximum atomic E-state index is 9.60. The van der Waals surface area contributed by atoms with Crippen molar-refractivity contribution in [3.63, 3.8) is 0 Å². The van der Waals surface area contributed by atoms with Crippen LogP contribution in [0.2, 0.25) is 0 Å². The zero-order chi connectivity index (χ0) is 17.2. The van der Waals surface area contributed by atoms with Gasteiger partial charge in [0.25, 0.3) is 0 Å². The molecule has 0 amide bonds. The minimum absolute atomic E-state index is 0.292. The number of carboxylic acids is 1. The van der Waals surface area contributed by atoms with Gasteiger partial charge >= 0.3 is 5.97 Å². The first kappa shape index (κ1) is 17.5. The predicted octanol–water partition coefficient (Wildman–Crippen LogP) is 5.89. The normalized spacial score (nSPS) is 9.71. The Labute approximate surface area is 143 Å². The van der Waals surface area contributed by atoms with E-state index in [2.05, 4.69) is 84.9 Å². The van der Waals surface area contributed by atoms with Crippen LogP contribution in [0.15, 0.2) is 84.9 Å². The van der Waals surface area contributed by atoms with Crippen molar-refractivity contribution in [2.24, 2.45) is 0 Å². The molecule has 0 aliphatic carbocycles. The Bertz CT molecular complexity index is 691. The summed E-state index contributed by atoms with van der Waals surface area (Å²) in [5.41, 5.74) is 5.09. The summed E-state index contributed by atoms with van der Waals surface area (Å²) < 4.78 is 0. The smallest absolute Gasteiger partial charge is 0.303 e.